The van der Waals surface area contributed by atoms with Gasteiger partial charge in [-0.25, -0.2) is 9.50 Å². The monoisotopic (exact) mass is 422 g/mol. The number of rotatable bonds is 5. The number of nitriles is 1. The number of carbonyl (C=O) groups excluding carboxylic acids is 1. The van der Waals surface area contributed by atoms with Crippen molar-refractivity contribution in [3.05, 3.63) is 53.4 Å². The van der Waals surface area contributed by atoms with E-state index in [2.05, 4.69) is 20.5 Å². The number of hydrogen-bond acceptors (Lipinski definition) is 7. The van der Waals surface area contributed by atoms with Crippen LogP contribution in [0, 0.1) is 11.3 Å². The third-order valence-corrected chi connectivity index (χ3v) is 4.54. The van der Waals surface area contributed by atoms with Crippen LogP contribution in [0.1, 0.15) is 10.4 Å². The Morgan fingerprint density at radius 3 is 3.00 bits per heavy atom. The Hall–Kier alpha value is -4.10. The van der Waals surface area contributed by atoms with Crippen molar-refractivity contribution in [2.24, 2.45) is 0 Å². The zero-order valence-electron chi connectivity index (χ0n) is 15.7. The molecule has 1 aromatic carbocycles. The van der Waals surface area contributed by atoms with Crippen molar-refractivity contribution < 1.29 is 9.53 Å². The highest BCUT2D eigenvalue weighted by Crippen LogP contribution is 2.36. The van der Waals surface area contributed by atoms with Gasteiger partial charge in [-0.1, -0.05) is 11.6 Å². The Labute approximate surface area is 175 Å². The van der Waals surface area contributed by atoms with Crippen LogP contribution < -0.4 is 15.8 Å². The van der Waals surface area contributed by atoms with Crippen molar-refractivity contribution in [2.75, 3.05) is 18.2 Å². The van der Waals surface area contributed by atoms with Gasteiger partial charge < -0.3 is 15.8 Å². The molecule has 0 aliphatic heterocycles. The van der Waals surface area contributed by atoms with E-state index >= 15 is 0 Å². The molecule has 0 saturated heterocycles. The molecule has 0 atom stereocenters. The molecule has 0 spiro atoms. The van der Waals surface area contributed by atoms with E-state index in [9.17, 15) is 4.79 Å². The van der Waals surface area contributed by atoms with Crippen molar-refractivity contribution in [3.63, 3.8) is 0 Å². The maximum Gasteiger partial charge on any atom is 0.263 e. The second kappa shape index (κ2) is 7.73. The Bertz CT molecular complexity index is 1300. The lowest BCUT2D eigenvalue weighted by Crippen LogP contribution is -2.14. The molecule has 0 saturated carbocycles. The van der Waals surface area contributed by atoms with Crippen molar-refractivity contribution in [1.82, 2.24) is 24.4 Å². The smallest absolute Gasteiger partial charge is 0.263 e. The van der Waals surface area contributed by atoms with Gasteiger partial charge in [0.2, 0.25) is 0 Å². The van der Waals surface area contributed by atoms with E-state index in [1.807, 2.05) is 6.07 Å². The average Bonchev–Trinajstić information content (AvgIpc) is 3.27. The number of methoxy groups -OCH3 is 1. The topological polar surface area (TPSA) is 136 Å². The fourth-order valence-electron chi connectivity index (χ4n) is 3.04. The highest BCUT2D eigenvalue weighted by Gasteiger charge is 2.23. The second-order valence-corrected chi connectivity index (χ2v) is 6.63. The second-order valence-electron chi connectivity index (χ2n) is 6.19. The summed E-state index contributed by atoms with van der Waals surface area (Å²) < 4.78 is 8.23. The molecular weight excluding hydrogens is 408 g/mol. The van der Waals surface area contributed by atoms with E-state index in [1.54, 1.807) is 42.9 Å². The molecule has 1 amide bonds. The number of fused-ring (bicyclic) bond motifs is 1. The number of ether oxygens (including phenoxy) is 1. The average molecular weight is 423 g/mol. The van der Waals surface area contributed by atoms with Gasteiger partial charge in [0, 0.05) is 23.0 Å². The Morgan fingerprint density at radius 1 is 1.40 bits per heavy atom. The molecule has 3 aromatic heterocycles. The van der Waals surface area contributed by atoms with Gasteiger partial charge in [0.05, 0.1) is 25.1 Å². The van der Waals surface area contributed by atoms with Crippen LogP contribution in [0.3, 0.4) is 0 Å². The van der Waals surface area contributed by atoms with Gasteiger partial charge in [-0.3, -0.25) is 9.48 Å². The summed E-state index contributed by atoms with van der Waals surface area (Å²) in [4.78, 5) is 17.2. The molecule has 4 rings (SSSR count). The largest absolute Gasteiger partial charge is 0.496 e. The van der Waals surface area contributed by atoms with Gasteiger partial charge in [0.1, 0.15) is 23.6 Å². The maximum absolute atomic E-state index is 13.0. The molecule has 11 heteroatoms. The van der Waals surface area contributed by atoms with Gasteiger partial charge in [0.15, 0.2) is 11.5 Å². The number of benzene rings is 1. The van der Waals surface area contributed by atoms with Crippen LogP contribution in [0.2, 0.25) is 5.02 Å². The molecule has 10 nitrogen and oxygen atoms in total. The normalized spacial score (nSPS) is 10.7. The maximum atomic E-state index is 13.0. The van der Waals surface area contributed by atoms with Crippen molar-refractivity contribution in [1.29, 1.82) is 5.26 Å². The minimum Gasteiger partial charge on any atom is -0.496 e. The number of nitrogens with two attached hydrogens (primary N) is 1. The summed E-state index contributed by atoms with van der Waals surface area (Å²) in [6, 6.07) is 8.74. The van der Waals surface area contributed by atoms with Crippen LogP contribution in [0.15, 0.2) is 42.9 Å². The number of aromatic nitrogens is 5. The zero-order valence-corrected chi connectivity index (χ0v) is 16.5. The standard InChI is InChI=1S/C19H15ClN8O2/c1-30-14-4-3-11(20)9-12(14)16-13(10-27(25-16)8-5-21)24-19(29)15-17(22)26-28-7-2-6-23-18(15)28/h2-4,6-7,9-10H,8H2,1H3,(H2,22,26)(H,24,29). The molecule has 0 aliphatic carbocycles. The SMILES string of the molecule is COc1ccc(Cl)cc1-c1nn(CC#N)cc1NC(=O)c1c(N)nn2cccnc12. The summed E-state index contributed by atoms with van der Waals surface area (Å²) in [5.41, 5.74) is 7.69. The summed E-state index contributed by atoms with van der Waals surface area (Å²) in [6.07, 6.45) is 4.73. The minimum absolute atomic E-state index is 0.00778. The molecule has 0 radical (unpaired) electrons. The van der Waals surface area contributed by atoms with Gasteiger partial charge in [-0.05, 0) is 24.3 Å². The van der Waals surface area contributed by atoms with Crippen LogP contribution in [-0.2, 0) is 6.54 Å². The summed E-state index contributed by atoms with van der Waals surface area (Å²) in [6.45, 7) is -0.00778. The predicted molar refractivity (Wildman–Crippen MR) is 110 cm³/mol. The van der Waals surface area contributed by atoms with E-state index in [0.717, 1.165) is 0 Å². The van der Waals surface area contributed by atoms with E-state index in [0.29, 0.717) is 33.4 Å². The van der Waals surface area contributed by atoms with Crippen LogP contribution in [-0.4, -0.2) is 37.4 Å². The van der Waals surface area contributed by atoms with Crippen molar-refractivity contribution >= 4 is 34.7 Å². The zero-order chi connectivity index (χ0) is 21.3. The van der Waals surface area contributed by atoms with E-state index in [-0.39, 0.29) is 17.9 Å². The fourth-order valence-corrected chi connectivity index (χ4v) is 3.21. The Kier molecular flexibility index (Phi) is 4.95. The summed E-state index contributed by atoms with van der Waals surface area (Å²) in [5.74, 6) is 0.0340. The molecular formula is C19H15ClN8O2. The predicted octanol–water partition coefficient (Wildman–Crippen LogP) is 2.61. The quantitative estimate of drug-likeness (QED) is 0.504. The Morgan fingerprint density at radius 2 is 2.23 bits per heavy atom. The molecule has 0 bridgehead atoms. The third-order valence-electron chi connectivity index (χ3n) is 4.31. The lowest BCUT2D eigenvalue weighted by Gasteiger charge is -2.09. The first-order valence-corrected chi connectivity index (χ1v) is 9.08. The first-order chi connectivity index (χ1) is 14.5. The highest BCUT2D eigenvalue weighted by molar-refractivity contribution is 6.31. The summed E-state index contributed by atoms with van der Waals surface area (Å²) >= 11 is 6.15. The van der Waals surface area contributed by atoms with E-state index < -0.39 is 5.91 Å². The van der Waals surface area contributed by atoms with Crippen LogP contribution in [0.4, 0.5) is 11.5 Å². The highest BCUT2D eigenvalue weighted by atomic mass is 35.5. The molecule has 30 heavy (non-hydrogen) atoms. The first-order valence-electron chi connectivity index (χ1n) is 8.70. The van der Waals surface area contributed by atoms with E-state index in [1.165, 1.54) is 16.3 Å². The van der Waals surface area contributed by atoms with Crippen molar-refractivity contribution in [3.8, 4) is 23.1 Å². The minimum atomic E-state index is -0.514. The molecule has 150 valence electrons. The van der Waals surface area contributed by atoms with Crippen LogP contribution in [0.5, 0.6) is 5.75 Å². The molecule has 3 N–H and O–H groups in total. The number of nitrogens with zero attached hydrogens (tertiary/aromatic N) is 6. The molecule has 4 aromatic rings. The Balaban J connectivity index is 1.79. The molecule has 0 aliphatic rings. The van der Waals surface area contributed by atoms with Gasteiger partial charge in [-0.2, -0.15) is 10.4 Å². The molecule has 0 fully saturated rings. The van der Waals surface area contributed by atoms with Gasteiger partial charge in [-0.15, -0.1) is 5.10 Å². The number of carbonyl (C=O) groups is 1. The van der Waals surface area contributed by atoms with Crippen LogP contribution in [0.25, 0.3) is 16.9 Å². The van der Waals surface area contributed by atoms with Crippen LogP contribution >= 0.6 is 11.6 Å². The number of nitrogen functional groups attached to an aromatic ring is 1. The molecule has 0 unspecified atom stereocenters. The number of amides is 1. The van der Waals surface area contributed by atoms with Gasteiger partial charge >= 0.3 is 0 Å². The lowest BCUT2D eigenvalue weighted by atomic mass is 10.1. The third kappa shape index (κ3) is 3.38. The number of anilines is 2. The lowest BCUT2D eigenvalue weighted by molar-refractivity contribution is 0.102. The first kappa shape index (κ1) is 19.2. The van der Waals surface area contributed by atoms with E-state index in [4.69, 9.17) is 27.3 Å². The number of halogens is 1. The molecule has 3 heterocycles. The number of hydrogen-bond donors (Lipinski definition) is 2. The van der Waals surface area contributed by atoms with Crippen molar-refractivity contribution in [2.45, 2.75) is 6.54 Å². The van der Waals surface area contributed by atoms with Gasteiger partial charge in [0.25, 0.3) is 5.91 Å². The fraction of sp³-hybridized carbons (Fsp3) is 0.105. The summed E-state index contributed by atoms with van der Waals surface area (Å²) in [5, 5.41) is 20.8. The summed E-state index contributed by atoms with van der Waals surface area (Å²) in [7, 11) is 1.52. The number of nitrogens with one attached hydrogen (secondary N) is 1.